The number of hydrogen-bond donors (Lipinski definition) is 0. The van der Waals surface area contributed by atoms with E-state index >= 15 is 0 Å². The highest BCUT2D eigenvalue weighted by atomic mass is 28.3. The van der Waals surface area contributed by atoms with Crippen molar-refractivity contribution in [2.45, 2.75) is 45.7 Å². The van der Waals surface area contributed by atoms with Gasteiger partial charge in [-0.1, -0.05) is 61.8 Å². The zero-order chi connectivity index (χ0) is 10.3. The summed E-state index contributed by atoms with van der Waals surface area (Å²) in [6.07, 6.45) is 6.14. The maximum absolute atomic E-state index is 2.47. The van der Waals surface area contributed by atoms with Crippen LogP contribution in [0.25, 0.3) is 0 Å². The first-order valence-electron chi connectivity index (χ1n) is 5.14. The monoisotopic (exact) mass is 210 g/mol. The molecule has 13 heavy (non-hydrogen) atoms. The molecule has 0 aromatic rings. The third kappa shape index (κ3) is 2.44. The van der Waals surface area contributed by atoms with Gasteiger partial charge in [0.25, 0.3) is 0 Å². The Balaban J connectivity index is 2.99. The molecule has 0 radical (unpaired) electrons. The van der Waals surface area contributed by atoms with Gasteiger partial charge >= 0.3 is 0 Å². The molecule has 74 valence electrons. The van der Waals surface area contributed by atoms with Crippen molar-refractivity contribution in [3.63, 3.8) is 0 Å². The predicted molar refractivity (Wildman–Crippen MR) is 67.5 cm³/mol. The van der Waals surface area contributed by atoms with Crippen molar-refractivity contribution in [2.24, 2.45) is 0 Å². The maximum atomic E-state index is 2.47. The lowest BCUT2D eigenvalue weighted by Crippen LogP contribution is -2.33. The average molecular weight is 210 g/mol. The molecule has 0 fully saturated rings. The molecule has 0 bridgehead atoms. The topological polar surface area (TPSA) is 0 Å². The number of hydrogen-bond acceptors (Lipinski definition) is 0. The molecule has 0 unspecified atom stereocenters. The molecule has 0 spiro atoms. The minimum Gasteiger partial charge on any atom is -0.0816 e. The molecule has 0 saturated heterocycles. The minimum absolute atomic E-state index is 1.07. The van der Waals surface area contributed by atoms with Crippen LogP contribution in [-0.2, 0) is 0 Å². The Bertz CT molecular complexity index is 231. The second kappa shape index (κ2) is 3.24. The Hall–Kier alpha value is -0.0862. The third-order valence-electron chi connectivity index (χ3n) is 2.55. The van der Waals surface area contributed by atoms with Gasteiger partial charge < -0.3 is 0 Å². The van der Waals surface area contributed by atoms with Crippen LogP contribution in [0.5, 0.6) is 0 Å². The summed E-state index contributed by atoms with van der Waals surface area (Å²) < 4.78 is 0. The lowest BCUT2D eigenvalue weighted by molar-refractivity contribution is 1.44. The van der Waals surface area contributed by atoms with E-state index in [-0.39, 0.29) is 0 Å². The first kappa shape index (κ1) is 11.0. The van der Waals surface area contributed by atoms with Gasteiger partial charge in [0, 0.05) is 0 Å². The molecule has 0 nitrogen and oxygen atoms in total. The van der Waals surface area contributed by atoms with E-state index < -0.39 is 16.1 Å². The summed E-state index contributed by atoms with van der Waals surface area (Å²) in [4.78, 5) is 0. The molecule has 0 N–H and O–H groups in total. The van der Waals surface area contributed by atoms with E-state index in [1.54, 1.807) is 10.4 Å². The Morgan fingerprint density at radius 2 is 1.08 bits per heavy atom. The summed E-state index contributed by atoms with van der Waals surface area (Å²) in [5, 5.41) is 3.48. The molecular weight excluding hydrogens is 188 g/mol. The molecule has 0 aromatic heterocycles. The summed E-state index contributed by atoms with van der Waals surface area (Å²) in [6.45, 7) is 14.7. The summed E-state index contributed by atoms with van der Waals surface area (Å²) >= 11 is 0. The van der Waals surface area contributed by atoms with Gasteiger partial charge in [-0.2, -0.15) is 0 Å². The van der Waals surface area contributed by atoms with Crippen LogP contribution in [0.15, 0.2) is 22.5 Å². The van der Waals surface area contributed by atoms with Crippen LogP contribution in [0.1, 0.15) is 6.42 Å². The van der Waals surface area contributed by atoms with Crippen LogP contribution in [0.2, 0.25) is 39.3 Å². The first-order chi connectivity index (χ1) is 5.73. The molecule has 1 rings (SSSR count). The summed E-state index contributed by atoms with van der Waals surface area (Å²) in [5.74, 6) is 0. The fourth-order valence-electron chi connectivity index (χ4n) is 1.93. The summed E-state index contributed by atoms with van der Waals surface area (Å²) in [7, 11) is -2.14. The summed E-state index contributed by atoms with van der Waals surface area (Å²) in [6, 6.07) is 0. The van der Waals surface area contributed by atoms with Crippen molar-refractivity contribution in [1.29, 1.82) is 0 Å². The van der Waals surface area contributed by atoms with Crippen LogP contribution in [-0.4, -0.2) is 16.1 Å². The van der Waals surface area contributed by atoms with E-state index in [2.05, 4.69) is 51.4 Å². The highest BCUT2D eigenvalue weighted by molar-refractivity contribution is 6.92. The molecule has 0 saturated carbocycles. The van der Waals surface area contributed by atoms with Gasteiger partial charge in [-0.15, -0.1) is 0 Å². The normalized spacial score (nSPS) is 18.6. The zero-order valence-electron chi connectivity index (χ0n) is 9.86. The van der Waals surface area contributed by atoms with E-state index in [1.165, 1.54) is 6.42 Å². The smallest absolute Gasteiger partial charge is 0.0770 e. The minimum atomic E-state index is -1.07. The SMILES string of the molecule is C[Si](C)(C)C1=CCC=C1[Si](C)(C)C. The summed E-state index contributed by atoms with van der Waals surface area (Å²) in [5.41, 5.74) is 0. The number of rotatable bonds is 2. The highest BCUT2D eigenvalue weighted by Crippen LogP contribution is 2.34. The van der Waals surface area contributed by atoms with E-state index in [4.69, 9.17) is 0 Å². The lowest BCUT2D eigenvalue weighted by Gasteiger charge is -2.28. The molecule has 1 aliphatic rings. The molecule has 0 aromatic carbocycles. The molecule has 0 aliphatic heterocycles. The third-order valence-corrected chi connectivity index (χ3v) is 6.98. The van der Waals surface area contributed by atoms with Crippen LogP contribution in [0.4, 0.5) is 0 Å². The van der Waals surface area contributed by atoms with Crippen molar-refractivity contribution in [2.75, 3.05) is 0 Å². The van der Waals surface area contributed by atoms with Gasteiger partial charge in [-0.05, 0) is 6.42 Å². The van der Waals surface area contributed by atoms with E-state index in [1.807, 2.05) is 0 Å². The van der Waals surface area contributed by atoms with Gasteiger partial charge in [0.05, 0.1) is 16.1 Å². The second-order valence-electron chi connectivity index (χ2n) is 5.97. The lowest BCUT2D eigenvalue weighted by atomic mass is 10.5. The average Bonchev–Trinajstić information content (AvgIpc) is 2.27. The second-order valence-corrected chi connectivity index (χ2v) is 16.0. The van der Waals surface area contributed by atoms with Gasteiger partial charge in [0.2, 0.25) is 0 Å². The quantitative estimate of drug-likeness (QED) is 0.604. The Kier molecular flexibility index (Phi) is 2.74. The van der Waals surface area contributed by atoms with Crippen molar-refractivity contribution in [3.05, 3.63) is 22.5 Å². The van der Waals surface area contributed by atoms with Crippen molar-refractivity contribution >= 4 is 16.1 Å². The predicted octanol–water partition coefficient (Wildman–Crippen LogP) is 4.00. The molecule has 0 heterocycles. The maximum Gasteiger partial charge on any atom is 0.0770 e. The Morgan fingerprint density at radius 3 is 1.31 bits per heavy atom. The van der Waals surface area contributed by atoms with E-state index in [9.17, 15) is 0 Å². The van der Waals surface area contributed by atoms with Gasteiger partial charge in [0.15, 0.2) is 0 Å². The number of allylic oxidation sites excluding steroid dienone is 4. The standard InChI is InChI=1S/C11H22Si2/c1-12(2,3)10-8-7-9-11(10)13(4,5)6/h8-9H,7H2,1-6H3. The Labute approximate surface area is 84.8 Å². The highest BCUT2D eigenvalue weighted by Gasteiger charge is 2.31. The molecule has 2 heteroatoms. The van der Waals surface area contributed by atoms with Crippen LogP contribution < -0.4 is 0 Å². The first-order valence-corrected chi connectivity index (χ1v) is 12.1. The largest absolute Gasteiger partial charge is 0.0816 e. The van der Waals surface area contributed by atoms with Crippen molar-refractivity contribution < 1.29 is 0 Å². The van der Waals surface area contributed by atoms with Gasteiger partial charge in [-0.25, -0.2) is 0 Å². The van der Waals surface area contributed by atoms with Crippen LogP contribution in [0.3, 0.4) is 0 Å². The van der Waals surface area contributed by atoms with Crippen molar-refractivity contribution in [3.8, 4) is 0 Å². The fourth-order valence-corrected chi connectivity index (χ4v) is 7.47. The van der Waals surface area contributed by atoms with Crippen LogP contribution >= 0.6 is 0 Å². The van der Waals surface area contributed by atoms with Crippen LogP contribution in [0, 0.1) is 0 Å². The van der Waals surface area contributed by atoms with Gasteiger partial charge in [0.1, 0.15) is 0 Å². The van der Waals surface area contributed by atoms with Gasteiger partial charge in [-0.3, -0.25) is 0 Å². The van der Waals surface area contributed by atoms with Crippen molar-refractivity contribution in [1.82, 2.24) is 0 Å². The molecule has 0 amide bonds. The fraction of sp³-hybridized carbons (Fsp3) is 0.636. The molecule has 0 atom stereocenters. The zero-order valence-corrected chi connectivity index (χ0v) is 11.9. The molecule has 1 aliphatic carbocycles. The molecular formula is C11H22Si2. The van der Waals surface area contributed by atoms with E-state index in [0.717, 1.165) is 0 Å². The van der Waals surface area contributed by atoms with E-state index in [0.29, 0.717) is 0 Å². The Morgan fingerprint density at radius 1 is 0.769 bits per heavy atom.